The Morgan fingerprint density at radius 1 is 1.15 bits per heavy atom. The van der Waals surface area contributed by atoms with E-state index in [9.17, 15) is 26.8 Å². The van der Waals surface area contributed by atoms with E-state index < -0.39 is 44.4 Å². The third kappa shape index (κ3) is 4.85. The van der Waals surface area contributed by atoms with Gasteiger partial charge in [0.2, 0.25) is 0 Å². The zero-order valence-electron chi connectivity index (χ0n) is 17.8. The summed E-state index contributed by atoms with van der Waals surface area (Å²) in [5, 5.41) is -4.63. The molecule has 0 heterocycles. The number of carbonyl (C=O) groups is 2. The molecule has 4 fully saturated rings. The molecule has 13 heteroatoms. The fourth-order valence-electron chi connectivity index (χ4n) is 6.06. The van der Waals surface area contributed by atoms with Crippen molar-refractivity contribution in [3.8, 4) is 0 Å². The highest BCUT2D eigenvalue weighted by Crippen LogP contribution is 2.63. The van der Waals surface area contributed by atoms with Crippen LogP contribution in [0.5, 0.6) is 0 Å². The maximum Gasteiger partial charge on any atom is 0.405 e. The molecular weight excluding hydrogens is 815 g/mol. The molecule has 34 heavy (non-hydrogen) atoms. The van der Waals surface area contributed by atoms with Gasteiger partial charge >= 0.3 is 27.3 Å². The maximum atomic E-state index is 14.0. The van der Waals surface area contributed by atoms with E-state index in [-0.39, 0.29) is 18.3 Å². The van der Waals surface area contributed by atoms with Crippen molar-refractivity contribution in [3.63, 3.8) is 0 Å². The van der Waals surface area contributed by atoms with E-state index in [1.165, 1.54) is 0 Å². The third-order valence-electron chi connectivity index (χ3n) is 7.06. The summed E-state index contributed by atoms with van der Waals surface area (Å²) in [5.41, 5.74) is -1.61. The zero-order valence-corrected chi connectivity index (χ0v) is 25.1. The Labute approximate surface area is 236 Å². The van der Waals surface area contributed by atoms with Crippen molar-refractivity contribution in [2.75, 3.05) is 0 Å². The standard InChI is InChI=1S/C21H21F2I3O7S/c1-10(21(22,23)34(29,30)31)32-18(28)19-5-11-2-12(6-19)8-20(7-11,9-19)33-17(27)14-3-13(24)4-15(25)16(14)26/h3-4,10-12H,2,5-9H2,1H3,(H,29,30,31). The van der Waals surface area contributed by atoms with Gasteiger partial charge in [-0.25, -0.2) is 4.79 Å². The molecule has 1 aromatic carbocycles. The number of hydrogen-bond donors (Lipinski definition) is 1. The van der Waals surface area contributed by atoms with Gasteiger partial charge in [-0.15, -0.1) is 0 Å². The molecule has 7 nitrogen and oxygen atoms in total. The SMILES string of the molecule is CC(OC(=O)C12CC3CC(CC(OC(=O)c4cc(I)cc(I)c4I)(C3)C1)C2)C(F)(F)S(=O)(=O)O. The lowest BCUT2D eigenvalue weighted by Gasteiger charge is -2.59. The van der Waals surface area contributed by atoms with Gasteiger partial charge in [0.1, 0.15) is 5.60 Å². The highest BCUT2D eigenvalue weighted by atomic mass is 127. The summed E-state index contributed by atoms with van der Waals surface area (Å²) >= 11 is 6.36. The van der Waals surface area contributed by atoms with Crippen molar-refractivity contribution in [2.24, 2.45) is 17.3 Å². The van der Waals surface area contributed by atoms with Gasteiger partial charge in [0.15, 0.2) is 6.10 Å². The molecule has 0 aliphatic heterocycles. The molecule has 3 atom stereocenters. The van der Waals surface area contributed by atoms with Crippen molar-refractivity contribution in [2.45, 2.75) is 62.4 Å². The van der Waals surface area contributed by atoms with E-state index in [0.717, 1.165) is 24.1 Å². The van der Waals surface area contributed by atoms with Crippen molar-refractivity contribution < 1.29 is 40.8 Å². The first-order chi connectivity index (χ1) is 15.6. The molecule has 0 radical (unpaired) electrons. The molecule has 0 amide bonds. The molecule has 188 valence electrons. The minimum absolute atomic E-state index is 0.0640. The average molecular weight is 836 g/mol. The lowest BCUT2D eigenvalue weighted by atomic mass is 9.48. The Balaban J connectivity index is 1.58. The summed E-state index contributed by atoms with van der Waals surface area (Å²) in [6.07, 6.45) is 0.603. The molecule has 4 bridgehead atoms. The monoisotopic (exact) mass is 836 g/mol. The summed E-state index contributed by atoms with van der Waals surface area (Å²) in [5.74, 6) is -1.29. The summed E-state index contributed by atoms with van der Waals surface area (Å²) < 4.78 is 72.6. The van der Waals surface area contributed by atoms with Crippen LogP contribution in [0.25, 0.3) is 0 Å². The predicted molar refractivity (Wildman–Crippen MR) is 142 cm³/mol. The first kappa shape index (κ1) is 27.2. The van der Waals surface area contributed by atoms with Crippen LogP contribution in [0.3, 0.4) is 0 Å². The van der Waals surface area contributed by atoms with E-state index in [2.05, 4.69) is 67.8 Å². The van der Waals surface area contributed by atoms with E-state index in [4.69, 9.17) is 14.0 Å². The smallest absolute Gasteiger partial charge is 0.405 e. The summed E-state index contributed by atoms with van der Waals surface area (Å²) in [6, 6.07) is 3.69. The Morgan fingerprint density at radius 3 is 2.29 bits per heavy atom. The number of hydrogen-bond acceptors (Lipinski definition) is 6. The van der Waals surface area contributed by atoms with Crippen LogP contribution in [0.4, 0.5) is 8.78 Å². The minimum Gasteiger partial charge on any atom is -0.455 e. The van der Waals surface area contributed by atoms with E-state index >= 15 is 0 Å². The molecule has 4 aliphatic carbocycles. The van der Waals surface area contributed by atoms with Gasteiger partial charge in [-0.2, -0.15) is 17.2 Å². The van der Waals surface area contributed by atoms with Crippen molar-refractivity contribution >= 4 is 89.8 Å². The van der Waals surface area contributed by atoms with Gasteiger partial charge in [0.05, 0.1) is 11.0 Å². The molecule has 1 aromatic rings. The second-order valence-electron chi connectivity index (χ2n) is 9.65. The van der Waals surface area contributed by atoms with Gasteiger partial charge in [0.25, 0.3) is 0 Å². The van der Waals surface area contributed by atoms with Crippen LogP contribution >= 0.6 is 67.8 Å². The first-order valence-electron chi connectivity index (χ1n) is 10.5. The Kier molecular flexibility index (Phi) is 7.31. The van der Waals surface area contributed by atoms with E-state index in [1.807, 2.05) is 6.07 Å². The molecule has 4 saturated carbocycles. The van der Waals surface area contributed by atoms with Crippen molar-refractivity contribution in [1.82, 2.24) is 0 Å². The predicted octanol–water partition coefficient (Wildman–Crippen LogP) is 5.41. The quantitative estimate of drug-likeness (QED) is 0.177. The van der Waals surface area contributed by atoms with Crippen LogP contribution in [0.1, 0.15) is 55.8 Å². The number of benzene rings is 1. The Hall–Kier alpha value is 0.120. The van der Waals surface area contributed by atoms with E-state index in [0.29, 0.717) is 31.2 Å². The molecule has 0 spiro atoms. The number of halogens is 5. The molecule has 5 rings (SSSR count). The van der Waals surface area contributed by atoms with Crippen LogP contribution in [-0.2, 0) is 24.4 Å². The highest BCUT2D eigenvalue weighted by molar-refractivity contribution is 14.1. The van der Waals surface area contributed by atoms with Crippen LogP contribution < -0.4 is 0 Å². The summed E-state index contributed by atoms with van der Waals surface area (Å²) in [6.45, 7) is 0.739. The number of ether oxygens (including phenoxy) is 2. The molecule has 0 saturated heterocycles. The topological polar surface area (TPSA) is 107 Å². The number of carbonyl (C=O) groups excluding carboxylic acids is 2. The number of rotatable bonds is 6. The second kappa shape index (κ2) is 9.15. The average Bonchev–Trinajstić information content (AvgIpc) is 2.68. The van der Waals surface area contributed by atoms with Gasteiger partial charge < -0.3 is 9.47 Å². The van der Waals surface area contributed by atoms with Crippen molar-refractivity contribution in [3.05, 3.63) is 28.4 Å². The van der Waals surface area contributed by atoms with Gasteiger partial charge in [-0.1, -0.05) is 0 Å². The molecule has 0 aromatic heterocycles. The van der Waals surface area contributed by atoms with Gasteiger partial charge in [-0.05, 0) is 131 Å². The minimum atomic E-state index is -5.75. The Bertz CT molecular complexity index is 1140. The maximum absolute atomic E-state index is 14.0. The lowest BCUT2D eigenvalue weighted by Crippen LogP contribution is -2.60. The van der Waals surface area contributed by atoms with Crippen LogP contribution in [0.2, 0.25) is 0 Å². The van der Waals surface area contributed by atoms with Crippen LogP contribution in [0, 0.1) is 28.0 Å². The molecular formula is C21H21F2I3O7S. The molecule has 3 unspecified atom stereocenters. The first-order valence-corrected chi connectivity index (χ1v) is 15.2. The highest BCUT2D eigenvalue weighted by Gasteiger charge is 2.64. The zero-order chi connectivity index (χ0) is 25.3. The Morgan fingerprint density at radius 2 is 1.74 bits per heavy atom. The molecule has 4 aliphatic rings. The summed E-state index contributed by atoms with van der Waals surface area (Å²) in [7, 11) is -5.75. The summed E-state index contributed by atoms with van der Waals surface area (Å²) in [4.78, 5) is 26.4. The van der Waals surface area contributed by atoms with Gasteiger partial charge in [0, 0.05) is 17.1 Å². The number of alkyl halides is 2. The van der Waals surface area contributed by atoms with Crippen molar-refractivity contribution in [1.29, 1.82) is 0 Å². The second-order valence-corrected chi connectivity index (χ2v) is 14.6. The van der Waals surface area contributed by atoms with Crippen LogP contribution in [-0.4, -0.2) is 41.9 Å². The largest absolute Gasteiger partial charge is 0.455 e. The normalized spacial score (nSPS) is 31.3. The third-order valence-corrected chi connectivity index (χ3v) is 11.8. The van der Waals surface area contributed by atoms with E-state index in [1.54, 1.807) is 6.07 Å². The molecule has 1 N–H and O–H groups in total. The lowest BCUT2D eigenvalue weighted by molar-refractivity contribution is -0.206. The number of esters is 2. The van der Waals surface area contributed by atoms with Crippen LogP contribution in [0.15, 0.2) is 12.1 Å². The van der Waals surface area contributed by atoms with Gasteiger partial charge in [-0.3, -0.25) is 9.35 Å². The fraction of sp³-hybridized carbons (Fsp3) is 0.619. The fourth-order valence-corrected chi connectivity index (χ4v) is 8.90.